The van der Waals surface area contributed by atoms with Gasteiger partial charge in [-0.15, -0.1) is 23.1 Å². The number of Topliss-reactive ketones (excluding diaryl/α,β-unsaturated/α-hetero) is 1. The van der Waals surface area contributed by atoms with Gasteiger partial charge in [0.1, 0.15) is 0 Å². The smallest absolute Gasteiger partial charge is 0.199 e. The second-order valence-electron chi connectivity index (χ2n) is 4.54. The van der Waals surface area contributed by atoms with Crippen molar-refractivity contribution in [2.24, 2.45) is 0 Å². The van der Waals surface area contributed by atoms with E-state index in [1.165, 1.54) is 16.0 Å². The van der Waals surface area contributed by atoms with Crippen molar-refractivity contribution in [3.63, 3.8) is 0 Å². The van der Waals surface area contributed by atoms with Gasteiger partial charge in [0.25, 0.3) is 0 Å². The molecule has 0 unspecified atom stereocenters. The number of hydrogen-bond acceptors (Lipinski definition) is 4. The van der Waals surface area contributed by atoms with E-state index >= 15 is 0 Å². The Morgan fingerprint density at radius 3 is 2.62 bits per heavy atom. The first kappa shape index (κ1) is 14.2. The summed E-state index contributed by atoms with van der Waals surface area (Å²) < 4.78 is 5.21. The number of benzene rings is 1. The summed E-state index contributed by atoms with van der Waals surface area (Å²) in [5.74, 6) is 0.479. The SMILES string of the molecule is O=C(C[C@H](Sc1ccccc1)c1cccs1)c1ccco1. The summed E-state index contributed by atoms with van der Waals surface area (Å²) in [4.78, 5) is 14.7. The molecule has 21 heavy (non-hydrogen) atoms. The molecule has 3 aromatic rings. The zero-order valence-electron chi connectivity index (χ0n) is 11.3. The number of hydrogen-bond donors (Lipinski definition) is 0. The number of carbonyl (C=O) groups is 1. The largest absolute Gasteiger partial charge is 0.461 e. The van der Waals surface area contributed by atoms with Gasteiger partial charge < -0.3 is 4.42 Å². The minimum absolute atomic E-state index is 0.0434. The minimum atomic E-state index is 0.0434. The van der Waals surface area contributed by atoms with Crippen LogP contribution in [0.5, 0.6) is 0 Å². The van der Waals surface area contributed by atoms with E-state index in [0.717, 1.165) is 0 Å². The van der Waals surface area contributed by atoms with Crippen LogP contribution in [-0.2, 0) is 0 Å². The first-order valence-electron chi connectivity index (χ1n) is 6.65. The lowest BCUT2D eigenvalue weighted by Gasteiger charge is -2.13. The fraction of sp³-hybridized carbons (Fsp3) is 0.118. The predicted molar refractivity (Wildman–Crippen MR) is 87.0 cm³/mol. The number of thioether (sulfide) groups is 1. The lowest BCUT2D eigenvalue weighted by molar-refractivity contribution is 0.0955. The van der Waals surface area contributed by atoms with E-state index in [1.54, 1.807) is 35.2 Å². The van der Waals surface area contributed by atoms with Crippen LogP contribution in [0.15, 0.2) is 75.6 Å². The van der Waals surface area contributed by atoms with Crippen LogP contribution in [0.1, 0.15) is 27.1 Å². The average molecular weight is 314 g/mol. The molecule has 106 valence electrons. The normalized spacial score (nSPS) is 12.2. The van der Waals surface area contributed by atoms with Gasteiger partial charge >= 0.3 is 0 Å². The molecule has 0 saturated heterocycles. The Balaban J connectivity index is 1.78. The van der Waals surface area contributed by atoms with Gasteiger partial charge in [-0.25, -0.2) is 0 Å². The summed E-state index contributed by atoms with van der Waals surface area (Å²) in [5, 5.41) is 2.16. The van der Waals surface area contributed by atoms with Crippen LogP contribution < -0.4 is 0 Å². The molecule has 0 aliphatic heterocycles. The second-order valence-corrected chi connectivity index (χ2v) is 6.79. The van der Waals surface area contributed by atoms with Crippen molar-refractivity contribution in [2.45, 2.75) is 16.6 Å². The highest BCUT2D eigenvalue weighted by Gasteiger charge is 2.20. The van der Waals surface area contributed by atoms with Gasteiger partial charge in [-0.1, -0.05) is 24.3 Å². The van der Waals surface area contributed by atoms with E-state index in [2.05, 4.69) is 18.2 Å². The van der Waals surface area contributed by atoms with Crippen molar-refractivity contribution in [2.75, 3.05) is 0 Å². The van der Waals surface area contributed by atoms with Gasteiger partial charge in [-0.05, 0) is 35.7 Å². The van der Waals surface area contributed by atoms with Gasteiger partial charge in [0.15, 0.2) is 11.5 Å². The van der Waals surface area contributed by atoms with Crippen molar-refractivity contribution in [1.82, 2.24) is 0 Å². The zero-order valence-corrected chi connectivity index (χ0v) is 12.9. The molecule has 3 rings (SSSR count). The van der Waals surface area contributed by atoms with Crippen molar-refractivity contribution >= 4 is 28.9 Å². The van der Waals surface area contributed by atoms with Crippen molar-refractivity contribution in [1.29, 1.82) is 0 Å². The van der Waals surface area contributed by atoms with Gasteiger partial charge in [0, 0.05) is 16.2 Å². The molecule has 0 radical (unpaired) electrons. The van der Waals surface area contributed by atoms with Crippen molar-refractivity contribution < 1.29 is 9.21 Å². The fourth-order valence-corrected chi connectivity index (χ4v) is 4.13. The molecule has 0 N–H and O–H groups in total. The van der Waals surface area contributed by atoms with Crippen molar-refractivity contribution in [3.05, 3.63) is 76.9 Å². The van der Waals surface area contributed by atoms with E-state index in [-0.39, 0.29) is 11.0 Å². The van der Waals surface area contributed by atoms with Gasteiger partial charge in [0.2, 0.25) is 0 Å². The Bertz CT molecular complexity index is 673. The summed E-state index contributed by atoms with van der Waals surface area (Å²) in [6, 6.07) is 17.8. The average Bonchev–Trinajstić information content (AvgIpc) is 3.21. The third-order valence-corrected chi connectivity index (χ3v) is 5.43. The highest BCUT2D eigenvalue weighted by molar-refractivity contribution is 7.99. The fourth-order valence-electron chi connectivity index (χ4n) is 2.04. The Hall–Kier alpha value is -1.78. The molecule has 0 fully saturated rings. The van der Waals surface area contributed by atoms with Crippen LogP contribution in [0.3, 0.4) is 0 Å². The Kier molecular flexibility index (Phi) is 4.58. The molecular formula is C17H14O2S2. The number of ketones is 1. The lowest BCUT2D eigenvalue weighted by Crippen LogP contribution is -2.03. The van der Waals surface area contributed by atoms with E-state index in [0.29, 0.717) is 12.2 Å². The third kappa shape index (κ3) is 3.65. The second kappa shape index (κ2) is 6.78. The summed E-state index contributed by atoms with van der Waals surface area (Å²) >= 11 is 3.41. The standard InChI is InChI=1S/C17H14O2S2/c18-14(15-8-4-10-19-15)12-17(16-9-5-11-20-16)21-13-6-2-1-3-7-13/h1-11,17H,12H2/t17-/m0/s1. The van der Waals surface area contributed by atoms with E-state index in [1.807, 2.05) is 29.6 Å². The van der Waals surface area contributed by atoms with Crippen LogP contribution in [0.2, 0.25) is 0 Å². The maximum atomic E-state index is 12.3. The monoisotopic (exact) mass is 314 g/mol. The molecule has 0 amide bonds. The molecular weight excluding hydrogens is 300 g/mol. The number of thiophene rings is 1. The van der Waals surface area contributed by atoms with E-state index in [9.17, 15) is 4.79 Å². The third-order valence-electron chi connectivity index (χ3n) is 3.05. The molecule has 0 bridgehead atoms. The first-order valence-corrected chi connectivity index (χ1v) is 8.40. The molecule has 2 aromatic heterocycles. The molecule has 2 nitrogen and oxygen atoms in total. The lowest BCUT2D eigenvalue weighted by atomic mass is 10.1. The summed E-state index contributed by atoms with van der Waals surface area (Å²) in [6.45, 7) is 0. The van der Waals surface area contributed by atoms with Gasteiger partial charge in [-0.2, -0.15) is 0 Å². The van der Waals surface area contributed by atoms with Crippen molar-refractivity contribution in [3.8, 4) is 0 Å². The first-order chi connectivity index (χ1) is 10.3. The van der Waals surface area contributed by atoms with E-state index in [4.69, 9.17) is 4.42 Å². The molecule has 1 aromatic carbocycles. The Morgan fingerprint density at radius 1 is 1.10 bits per heavy atom. The maximum absolute atomic E-state index is 12.3. The molecule has 1 atom stereocenters. The molecule has 0 aliphatic rings. The quantitative estimate of drug-likeness (QED) is 0.448. The summed E-state index contributed by atoms with van der Waals surface area (Å²) in [6.07, 6.45) is 1.98. The number of furan rings is 1. The topological polar surface area (TPSA) is 30.2 Å². The van der Waals surface area contributed by atoms with Crippen LogP contribution in [0.4, 0.5) is 0 Å². The maximum Gasteiger partial charge on any atom is 0.199 e. The van der Waals surface area contributed by atoms with Crippen LogP contribution >= 0.6 is 23.1 Å². The van der Waals surface area contributed by atoms with Crippen LogP contribution in [-0.4, -0.2) is 5.78 Å². The zero-order chi connectivity index (χ0) is 14.5. The summed E-state index contributed by atoms with van der Waals surface area (Å²) in [5.41, 5.74) is 0. The van der Waals surface area contributed by atoms with Crippen LogP contribution in [0.25, 0.3) is 0 Å². The highest BCUT2D eigenvalue weighted by Crippen LogP contribution is 2.40. The molecule has 0 saturated carbocycles. The predicted octanol–water partition coefficient (Wildman–Crippen LogP) is 5.45. The molecule has 0 aliphatic carbocycles. The Morgan fingerprint density at radius 2 is 1.95 bits per heavy atom. The minimum Gasteiger partial charge on any atom is -0.461 e. The highest BCUT2D eigenvalue weighted by atomic mass is 32.2. The van der Waals surface area contributed by atoms with Crippen LogP contribution in [0, 0.1) is 0 Å². The van der Waals surface area contributed by atoms with Gasteiger partial charge in [-0.3, -0.25) is 4.79 Å². The number of rotatable bonds is 6. The molecule has 4 heteroatoms. The number of carbonyl (C=O) groups excluding carboxylic acids is 1. The van der Waals surface area contributed by atoms with E-state index < -0.39 is 0 Å². The Labute approximate surface area is 131 Å². The molecule has 2 heterocycles. The van der Waals surface area contributed by atoms with Gasteiger partial charge in [0.05, 0.1) is 11.5 Å². The molecule has 0 spiro atoms. The summed E-state index contributed by atoms with van der Waals surface area (Å²) in [7, 11) is 0.